The van der Waals surface area contributed by atoms with Gasteiger partial charge in [0.15, 0.2) is 11.2 Å². The zero-order chi connectivity index (χ0) is 20.2. The van der Waals surface area contributed by atoms with Crippen LogP contribution in [0.4, 0.5) is 11.4 Å². The summed E-state index contributed by atoms with van der Waals surface area (Å²) in [5.41, 5.74) is 1.32. The predicted octanol–water partition coefficient (Wildman–Crippen LogP) is 4.07. The Morgan fingerprint density at radius 2 is 1.78 bits per heavy atom. The van der Waals surface area contributed by atoms with Crippen LogP contribution in [0.25, 0.3) is 4.85 Å². The zero-order valence-electron chi connectivity index (χ0n) is 17.0. The number of ether oxygens (including phenoxy) is 1. The van der Waals surface area contributed by atoms with Gasteiger partial charge in [-0.15, -0.1) is 0 Å². The highest BCUT2D eigenvalue weighted by Gasteiger charge is 2.64. The maximum Gasteiger partial charge on any atom is 0.338 e. The lowest BCUT2D eigenvalue weighted by molar-refractivity contribution is -0.947. The fraction of sp³-hybridized carbons (Fsp3) is 0.571. The van der Waals surface area contributed by atoms with Crippen molar-refractivity contribution in [3.63, 3.8) is 0 Å². The van der Waals surface area contributed by atoms with E-state index in [4.69, 9.17) is 11.3 Å². The molecular weight excluding hydrogens is 342 g/mol. The molecule has 1 N–H and O–H groups in total. The van der Waals surface area contributed by atoms with Gasteiger partial charge in [-0.2, -0.15) is 0 Å². The molecule has 6 nitrogen and oxygen atoms in total. The van der Waals surface area contributed by atoms with Crippen molar-refractivity contribution in [1.82, 2.24) is 0 Å². The lowest BCUT2D eigenvalue weighted by atomic mass is 10.0. The van der Waals surface area contributed by atoms with E-state index in [9.17, 15) is 9.59 Å². The Morgan fingerprint density at radius 1 is 1.19 bits per heavy atom. The summed E-state index contributed by atoms with van der Waals surface area (Å²) >= 11 is 0. The van der Waals surface area contributed by atoms with Crippen molar-refractivity contribution >= 4 is 23.3 Å². The predicted molar refractivity (Wildman–Crippen MR) is 106 cm³/mol. The van der Waals surface area contributed by atoms with Gasteiger partial charge in [-0.25, -0.2) is 9.64 Å². The Labute approximate surface area is 161 Å². The minimum atomic E-state index is -0.520. The van der Waals surface area contributed by atoms with Gasteiger partial charge in [0.1, 0.15) is 0 Å². The molecule has 27 heavy (non-hydrogen) atoms. The lowest BCUT2D eigenvalue weighted by Gasteiger charge is -2.43. The molecule has 1 aliphatic carbocycles. The number of quaternary nitrogens is 1. The average Bonchev–Trinajstić information content (AvgIpc) is 3.47. The first-order valence-electron chi connectivity index (χ1n) is 9.71. The van der Waals surface area contributed by atoms with Gasteiger partial charge in [0.25, 0.3) is 5.91 Å². The molecule has 0 unspecified atom stereocenters. The number of rotatable bonds is 8. The van der Waals surface area contributed by atoms with Gasteiger partial charge in [0, 0.05) is 12.8 Å². The van der Waals surface area contributed by atoms with E-state index in [1.165, 1.54) is 6.07 Å². The van der Waals surface area contributed by atoms with Crippen molar-refractivity contribution in [2.75, 3.05) is 31.6 Å². The van der Waals surface area contributed by atoms with E-state index in [-0.39, 0.29) is 18.1 Å². The summed E-state index contributed by atoms with van der Waals surface area (Å²) in [4.78, 5) is 29.2. The summed E-state index contributed by atoms with van der Waals surface area (Å²) in [6.07, 6.45) is 1.70. The number of carbonyl (C=O) groups is 2. The number of esters is 1. The maximum absolute atomic E-state index is 13.3. The largest absolute Gasteiger partial charge is 0.462 e. The quantitative estimate of drug-likeness (QED) is 0.425. The fourth-order valence-corrected chi connectivity index (χ4v) is 4.21. The second-order valence-electron chi connectivity index (χ2n) is 7.10. The van der Waals surface area contributed by atoms with Gasteiger partial charge in [-0.1, -0.05) is 6.07 Å². The van der Waals surface area contributed by atoms with Crippen molar-refractivity contribution in [2.24, 2.45) is 0 Å². The van der Waals surface area contributed by atoms with Crippen LogP contribution in [-0.4, -0.2) is 48.1 Å². The highest BCUT2D eigenvalue weighted by atomic mass is 16.5. The Morgan fingerprint density at radius 3 is 2.22 bits per heavy atom. The molecule has 6 heteroatoms. The summed E-state index contributed by atoms with van der Waals surface area (Å²) in [5, 5.41) is 3.02. The number of carbonyl (C=O) groups excluding carboxylic acids is 2. The number of likely N-dealkylation sites (N-methyl/N-ethyl adjacent to an activating group) is 1. The molecule has 146 valence electrons. The minimum absolute atomic E-state index is 0.0442. The van der Waals surface area contributed by atoms with Crippen LogP contribution >= 0.6 is 0 Å². The number of anilines is 1. The molecule has 1 saturated carbocycles. The number of hydrogen-bond donors (Lipinski definition) is 1. The van der Waals surface area contributed by atoms with Crippen molar-refractivity contribution in [3.8, 4) is 0 Å². The van der Waals surface area contributed by atoms with Crippen LogP contribution in [0.15, 0.2) is 12.1 Å². The van der Waals surface area contributed by atoms with E-state index in [0.29, 0.717) is 16.9 Å². The number of hydrogen-bond acceptors (Lipinski definition) is 3. The number of aryl methyl sites for hydroxylation is 1. The van der Waals surface area contributed by atoms with Gasteiger partial charge in [-0.05, 0) is 46.2 Å². The van der Waals surface area contributed by atoms with E-state index in [1.54, 1.807) is 19.9 Å². The molecule has 2 rings (SSSR count). The molecule has 1 fully saturated rings. The van der Waals surface area contributed by atoms with E-state index < -0.39 is 11.5 Å². The molecule has 0 radical (unpaired) electrons. The van der Waals surface area contributed by atoms with Crippen LogP contribution in [0.5, 0.6) is 0 Å². The third kappa shape index (κ3) is 3.57. The van der Waals surface area contributed by atoms with Gasteiger partial charge in [0.05, 0.1) is 44.1 Å². The fourth-order valence-electron chi connectivity index (χ4n) is 4.21. The molecule has 0 bridgehead atoms. The first-order chi connectivity index (χ1) is 12.8. The molecule has 1 aromatic carbocycles. The number of amides is 1. The zero-order valence-corrected chi connectivity index (χ0v) is 17.0. The summed E-state index contributed by atoms with van der Waals surface area (Å²) in [5.74, 6) is -0.564. The van der Waals surface area contributed by atoms with Gasteiger partial charge < -0.3 is 14.5 Å². The molecule has 0 atom stereocenters. The maximum atomic E-state index is 13.3. The number of benzene rings is 1. The third-order valence-electron chi connectivity index (χ3n) is 6.05. The van der Waals surface area contributed by atoms with E-state index in [2.05, 4.69) is 30.9 Å². The number of nitrogens with zero attached hydrogens (tertiary/aromatic N) is 2. The second-order valence-corrected chi connectivity index (χ2v) is 7.10. The van der Waals surface area contributed by atoms with Crippen molar-refractivity contribution in [2.45, 2.75) is 53.0 Å². The van der Waals surface area contributed by atoms with Crippen LogP contribution in [0.1, 0.15) is 56.5 Å². The van der Waals surface area contributed by atoms with Crippen molar-refractivity contribution in [3.05, 3.63) is 34.7 Å². The van der Waals surface area contributed by atoms with Gasteiger partial charge in [-0.3, -0.25) is 4.79 Å². The summed E-state index contributed by atoms with van der Waals surface area (Å²) < 4.78 is 5.88. The molecule has 1 aliphatic rings. The van der Waals surface area contributed by atoms with Crippen LogP contribution in [0.3, 0.4) is 0 Å². The van der Waals surface area contributed by atoms with E-state index in [1.807, 2.05) is 0 Å². The Balaban J connectivity index is 2.44. The molecule has 0 aromatic heterocycles. The molecule has 0 saturated heterocycles. The highest BCUT2D eigenvalue weighted by Crippen LogP contribution is 2.48. The Hall–Kier alpha value is -2.39. The van der Waals surface area contributed by atoms with Crippen LogP contribution in [0, 0.1) is 13.5 Å². The highest BCUT2D eigenvalue weighted by molar-refractivity contribution is 6.06. The average molecular weight is 372 g/mol. The third-order valence-corrected chi connectivity index (χ3v) is 6.05. The van der Waals surface area contributed by atoms with Crippen molar-refractivity contribution in [1.29, 1.82) is 0 Å². The molecule has 0 aliphatic heterocycles. The summed E-state index contributed by atoms with van der Waals surface area (Å²) in [7, 11) is 0. The number of nitrogens with one attached hydrogen (secondary N) is 1. The van der Waals surface area contributed by atoms with Crippen LogP contribution in [0.2, 0.25) is 0 Å². The first-order valence-corrected chi connectivity index (χ1v) is 9.71. The topological polar surface area (TPSA) is 59.8 Å². The SMILES string of the molecule is [C-]#[N+]c1cc(C)c(NC(=O)C2([N+](CC)(CC)CC)CC2)c(C(=O)OCC)c1. The minimum Gasteiger partial charge on any atom is -0.462 e. The molecule has 1 amide bonds. The molecular formula is C21H30N3O3+. The van der Waals surface area contributed by atoms with Crippen molar-refractivity contribution < 1.29 is 18.8 Å². The Bertz CT molecular complexity index is 763. The van der Waals surface area contributed by atoms with Gasteiger partial charge in [0.2, 0.25) is 0 Å². The van der Waals surface area contributed by atoms with E-state index >= 15 is 0 Å². The second kappa shape index (κ2) is 8.10. The molecule has 0 spiro atoms. The summed E-state index contributed by atoms with van der Waals surface area (Å²) in [6.45, 7) is 20.1. The smallest absolute Gasteiger partial charge is 0.338 e. The monoisotopic (exact) mass is 372 g/mol. The van der Waals surface area contributed by atoms with E-state index in [0.717, 1.165) is 37.0 Å². The Kier molecular flexibility index (Phi) is 6.27. The lowest BCUT2D eigenvalue weighted by Crippen LogP contribution is -2.61. The summed E-state index contributed by atoms with van der Waals surface area (Å²) in [6, 6.07) is 3.18. The van der Waals surface area contributed by atoms with Crippen LogP contribution < -0.4 is 5.32 Å². The normalized spacial score (nSPS) is 15.0. The molecule has 1 aromatic rings. The molecule has 0 heterocycles. The van der Waals surface area contributed by atoms with Gasteiger partial charge >= 0.3 is 5.97 Å². The standard InChI is InChI=1S/C21H29N3O3/c1-7-24(8-2,9-3)21(11-12-21)20(26)23-18-15(5)13-16(22-6)14-17(18)19(25)27-10-4/h13-14H,7-12H2,1-5H3/p+1. The van der Waals surface area contributed by atoms with Crippen LogP contribution in [-0.2, 0) is 9.53 Å². The first kappa shape index (κ1) is 20.9.